The Morgan fingerprint density at radius 2 is 1.66 bits per heavy atom. The van der Waals surface area contributed by atoms with Gasteiger partial charge in [0.2, 0.25) is 6.29 Å². The van der Waals surface area contributed by atoms with E-state index < -0.39 is 42.6 Å². The summed E-state index contributed by atoms with van der Waals surface area (Å²) in [7, 11) is 4.60. The number of ether oxygens (including phenoxy) is 7. The molecule has 10 nitrogen and oxygen atoms in total. The summed E-state index contributed by atoms with van der Waals surface area (Å²) in [4.78, 5) is 0. The molecule has 44 heavy (non-hydrogen) atoms. The molecule has 1 saturated carbocycles. The molecule has 2 fully saturated rings. The van der Waals surface area contributed by atoms with Crippen LogP contribution >= 0.6 is 0 Å². The molecule has 1 aliphatic carbocycles. The first-order valence-corrected chi connectivity index (χ1v) is 15.0. The lowest BCUT2D eigenvalue weighted by Gasteiger charge is -2.40. The predicted octanol–water partition coefficient (Wildman–Crippen LogP) is 4.23. The number of aliphatic hydroxyl groups excluding tert-OH is 2. The monoisotopic (exact) mass is 610 g/mol. The van der Waals surface area contributed by atoms with Gasteiger partial charge in [-0.15, -0.1) is 0 Å². The average molecular weight is 611 g/mol. The molecule has 10 heteroatoms. The molecule has 1 saturated heterocycles. The minimum atomic E-state index is -1.42. The Labute approximate surface area is 258 Å². The summed E-state index contributed by atoms with van der Waals surface area (Å²) in [5, 5.41) is 32.2. The van der Waals surface area contributed by atoms with Crippen LogP contribution in [0.1, 0.15) is 49.3 Å². The Morgan fingerprint density at radius 1 is 0.932 bits per heavy atom. The highest BCUT2D eigenvalue weighted by atomic mass is 16.8. The maximum Gasteiger partial charge on any atom is 0.251 e. The first-order valence-electron chi connectivity index (χ1n) is 15.0. The van der Waals surface area contributed by atoms with E-state index in [0.29, 0.717) is 41.4 Å². The molecule has 238 valence electrons. The molecule has 7 unspecified atom stereocenters. The fourth-order valence-corrected chi connectivity index (χ4v) is 6.64. The molecule has 7 atom stereocenters. The summed E-state index contributed by atoms with van der Waals surface area (Å²) in [5.41, 5.74) is -0.176. The second-order valence-corrected chi connectivity index (χ2v) is 10.8. The van der Waals surface area contributed by atoms with Crippen molar-refractivity contribution in [2.45, 2.75) is 68.6 Å². The zero-order chi connectivity index (χ0) is 31.5. The van der Waals surface area contributed by atoms with E-state index in [4.69, 9.17) is 33.2 Å². The number of hydrogen-bond donors (Lipinski definition) is 3. The maximum absolute atomic E-state index is 12.7. The molecular weight excluding hydrogens is 568 g/mol. The summed E-state index contributed by atoms with van der Waals surface area (Å²) in [6.45, 7) is 3.53. The Hall–Kier alpha value is -3.38. The van der Waals surface area contributed by atoms with Crippen molar-refractivity contribution in [3.63, 3.8) is 0 Å². The SMILES string of the molecule is CC.COc1ccc(C23Oc4cc(OC5OC(C(O)CO)COC5OC)cc(OC)c4C2(O)CCC3c2ccccc2)cc1. The lowest BCUT2D eigenvalue weighted by atomic mass is 9.71. The molecule has 0 amide bonds. The van der Waals surface area contributed by atoms with Gasteiger partial charge in [-0.05, 0) is 36.1 Å². The molecule has 3 N–H and O–H groups in total. The van der Waals surface area contributed by atoms with Gasteiger partial charge in [-0.2, -0.15) is 0 Å². The van der Waals surface area contributed by atoms with Crippen LogP contribution in [0.3, 0.4) is 0 Å². The normalized spacial score (nSPS) is 29.4. The fourth-order valence-electron chi connectivity index (χ4n) is 6.64. The minimum Gasteiger partial charge on any atom is -0.497 e. The van der Waals surface area contributed by atoms with Gasteiger partial charge >= 0.3 is 0 Å². The standard InChI is InChI=1S/C32H36O10.C2H6/c1-36-21-11-9-20(10-12-21)32-23(19-7-5-4-6-8-19)13-14-31(32,35)28-25(37-2)15-22(16-26(28)42-32)40-30-29(38-3)39-18-27(41-30)24(34)17-33;1-2/h4-12,15-16,23-24,27,29-30,33-35H,13-14,17-18H2,1-3H3;1-2H3. The van der Waals surface area contributed by atoms with Crippen LogP contribution < -0.4 is 18.9 Å². The Morgan fingerprint density at radius 3 is 2.30 bits per heavy atom. The number of hydrogen-bond acceptors (Lipinski definition) is 10. The molecule has 0 spiro atoms. The summed E-state index contributed by atoms with van der Waals surface area (Å²) in [5.74, 6) is 1.66. The largest absolute Gasteiger partial charge is 0.497 e. The lowest BCUT2D eigenvalue weighted by molar-refractivity contribution is -0.324. The molecule has 0 bridgehead atoms. The first kappa shape index (κ1) is 32.0. The highest BCUT2D eigenvalue weighted by Gasteiger charge is 2.69. The third-order valence-corrected chi connectivity index (χ3v) is 8.62. The van der Waals surface area contributed by atoms with Crippen LogP contribution in [0, 0.1) is 0 Å². The van der Waals surface area contributed by atoms with Crippen molar-refractivity contribution in [1.29, 1.82) is 0 Å². The van der Waals surface area contributed by atoms with Gasteiger partial charge in [0.1, 0.15) is 40.8 Å². The summed E-state index contributed by atoms with van der Waals surface area (Å²) in [6.07, 6.45) is -2.79. The van der Waals surface area contributed by atoms with Crippen molar-refractivity contribution in [1.82, 2.24) is 0 Å². The Kier molecular flexibility index (Phi) is 9.69. The van der Waals surface area contributed by atoms with E-state index in [1.165, 1.54) is 14.2 Å². The quantitative estimate of drug-likeness (QED) is 0.324. The molecular formula is C34H42O10. The van der Waals surface area contributed by atoms with E-state index in [9.17, 15) is 15.3 Å². The van der Waals surface area contributed by atoms with E-state index in [2.05, 4.69) is 12.1 Å². The van der Waals surface area contributed by atoms with Crippen LogP contribution in [0.2, 0.25) is 0 Å². The van der Waals surface area contributed by atoms with Gasteiger partial charge in [-0.25, -0.2) is 0 Å². The average Bonchev–Trinajstić information content (AvgIpc) is 3.51. The Bertz CT molecular complexity index is 1380. The molecule has 2 heterocycles. The number of aliphatic hydroxyl groups is 3. The van der Waals surface area contributed by atoms with E-state index in [0.717, 1.165) is 11.1 Å². The molecule has 3 aromatic rings. The van der Waals surface area contributed by atoms with Gasteiger partial charge in [0.15, 0.2) is 5.60 Å². The maximum atomic E-state index is 12.7. The van der Waals surface area contributed by atoms with Crippen LogP contribution in [0.15, 0.2) is 66.7 Å². The van der Waals surface area contributed by atoms with Crippen molar-refractivity contribution >= 4 is 0 Å². The van der Waals surface area contributed by atoms with Crippen molar-refractivity contribution in [2.75, 3.05) is 34.5 Å². The molecule has 6 rings (SSSR count). The van der Waals surface area contributed by atoms with Gasteiger partial charge in [-0.3, -0.25) is 0 Å². The molecule has 0 radical (unpaired) electrons. The van der Waals surface area contributed by atoms with Crippen molar-refractivity contribution in [2.24, 2.45) is 0 Å². The van der Waals surface area contributed by atoms with E-state index in [1.807, 2.05) is 56.3 Å². The van der Waals surface area contributed by atoms with Gasteiger partial charge in [0.05, 0.1) is 33.0 Å². The van der Waals surface area contributed by atoms with Gasteiger partial charge in [-0.1, -0.05) is 56.3 Å². The zero-order valence-electron chi connectivity index (χ0n) is 25.8. The predicted molar refractivity (Wildman–Crippen MR) is 161 cm³/mol. The number of methoxy groups -OCH3 is 3. The van der Waals surface area contributed by atoms with Crippen LogP contribution in [0.5, 0.6) is 23.0 Å². The summed E-state index contributed by atoms with van der Waals surface area (Å²) >= 11 is 0. The fraction of sp³-hybridized carbons (Fsp3) is 0.471. The van der Waals surface area contributed by atoms with Gasteiger partial charge in [0, 0.05) is 25.2 Å². The highest BCUT2D eigenvalue weighted by molar-refractivity contribution is 5.61. The smallest absolute Gasteiger partial charge is 0.251 e. The minimum absolute atomic E-state index is 0.0228. The molecule has 3 aromatic carbocycles. The van der Waals surface area contributed by atoms with Gasteiger partial charge < -0.3 is 48.5 Å². The molecule has 0 aromatic heterocycles. The van der Waals surface area contributed by atoms with E-state index in [-0.39, 0.29) is 12.5 Å². The summed E-state index contributed by atoms with van der Waals surface area (Å²) < 4.78 is 41.3. The highest BCUT2D eigenvalue weighted by Crippen LogP contribution is 2.68. The zero-order valence-corrected chi connectivity index (χ0v) is 25.8. The topological polar surface area (TPSA) is 125 Å². The third-order valence-electron chi connectivity index (χ3n) is 8.62. The lowest BCUT2D eigenvalue weighted by Crippen LogP contribution is -2.52. The van der Waals surface area contributed by atoms with Gasteiger partial charge in [0.25, 0.3) is 6.29 Å². The molecule has 3 aliphatic rings. The summed E-state index contributed by atoms with van der Waals surface area (Å²) in [6, 6.07) is 21.0. The van der Waals surface area contributed by atoms with Crippen molar-refractivity contribution in [3.05, 3.63) is 83.4 Å². The van der Waals surface area contributed by atoms with Crippen molar-refractivity contribution < 1.29 is 48.5 Å². The van der Waals surface area contributed by atoms with Crippen LogP contribution in [-0.4, -0.2) is 74.7 Å². The third kappa shape index (κ3) is 5.29. The number of rotatable bonds is 9. The van der Waals surface area contributed by atoms with Crippen LogP contribution in [-0.2, 0) is 25.4 Å². The van der Waals surface area contributed by atoms with Crippen molar-refractivity contribution in [3.8, 4) is 23.0 Å². The number of fused-ring (bicyclic) bond motifs is 3. The first-order chi connectivity index (χ1) is 21.4. The second kappa shape index (κ2) is 13.3. The van der Waals surface area contributed by atoms with Crippen LogP contribution in [0.25, 0.3) is 0 Å². The molecule has 2 aliphatic heterocycles. The van der Waals surface area contributed by atoms with E-state index >= 15 is 0 Å². The second-order valence-electron chi connectivity index (χ2n) is 10.8. The van der Waals surface area contributed by atoms with Crippen LogP contribution in [0.4, 0.5) is 0 Å². The van der Waals surface area contributed by atoms with E-state index in [1.54, 1.807) is 19.2 Å². The Balaban J connectivity index is 0.00000188. The number of benzene rings is 3.